The van der Waals surface area contributed by atoms with Crippen LogP contribution >= 0.6 is 0 Å². The minimum Gasteiger partial charge on any atom is -0.461 e. The normalized spacial score (nSPS) is 23.6. The van der Waals surface area contributed by atoms with E-state index in [1.807, 2.05) is 36.5 Å². The number of hydrogen-bond acceptors (Lipinski definition) is 6. The van der Waals surface area contributed by atoms with Crippen molar-refractivity contribution in [1.82, 2.24) is 25.2 Å². The summed E-state index contributed by atoms with van der Waals surface area (Å²) in [6.07, 6.45) is 14.6. The van der Waals surface area contributed by atoms with E-state index in [0.717, 1.165) is 79.7 Å². The van der Waals surface area contributed by atoms with E-state index in [4.69, 9.17) is 21.1 Å². The lowest BCUT2D eigenvalue weighted by Gasteiger charge is -2.34. The van der Waals surface area contributed by atoms with E-state index < -0.39 is 0 Å². The number of piperazine rings is 1. The number of anilines is 1. The molecule has 2 aromatic heterocycles. The van der Waals surface area contributed by atoms with Gasteiger partial charge >= 0.3 is 6.01 Å². The maximum Gasteiger partial charge on any atom is 0.319 e. The number of fused-ring (bicyclic) bond motifs is 5. The molecule has 0 aliphatic carbocycles. The van der Waals surface area contributed by atoms with Crippen LogP contribution in [0.4, 0.5) is 10.2 Å². The SMILES string of the molecule is C#Cc1cccc2[nH]cc(-c3ccc4c(N5C[C@H]6CC[C@@H](C5)N6)nc(OCC56CCCN5CCC6)nc4c3F)c12. The molecule has 0 unspecified atom stereocenters. The average Bonchev–Trinajstić information content (AvgIpc) is 3.75. The molecule has 4 aromatic rings. The van der Waals surface area contributed by atoms with Crippen LogP contribution in [-0.4, -0.2) is 70.3 Å². The molecular weight excluding hydrogens is 503 g/mol. The Bertz CT molecular complexity index is 1650. The number of hydrogen-bond donors (Lipinski definition) is 2. The molecule has 204 valence electrons. The molecule has 4 saturated heterocycles. The molecular formula is C32H33FN6O. The highest BCUT2D eigenvalue weighted by molar-refractivity contribution is 6.02. The summed E-state index contributed by atoms with van der Waals surface area (Å²) >= 11 is 0. The van der Waals surface area contributed by atoms with E-state index in [0.29, 0.717) is 35.2 Å². The fourth-order valence-corrected chi connectivity index (χ4v) is 7.79. The summed E-state index contributed by atoms with van der Waals surface area (Å²) in [5.41, 5.74) is 3.16. The second-order valence-electron chi connectivity index (χ2n) is 12.0. The maximum atomic E-state index is 16.6. The van der Waals surface area contributed by atoms with E-state index in [1.54, 1.807) is 0 Å². The number of halogens is 1. The topological polar surface area (TPSA) is 69.3 Å². The summed E-state index contributed by atoms with van der Waals surface area (Å²) in [6.45, 7) is 4.48. The van der Waals surface area contributed by atoms with Crippen LogP contribution in [0.25, 0.3) is 32.9 Å². The molecule has 4 aliphatic rings. The van der Waals surface area contributed by atoms with Crippen LogP contribution in [0.5, 0.6) is 6.01 Å². The summed E-state index contributed by atoms with van der Waals surface area (Å²) in [6, 6.07) is 10.7. The average molecular weight is 537 g/mol. The van der Waals surface area contributed by atoms with Crippen LogP contribution in [0.3, 0.4) is 0 Å². The zero-order valence-corrected chi connectivity index (χ0v) is 22.5. The van der Waals surface area contributed by atoms with E-state index in [2.05, 4.69) is 26.0 Å². The van der Waals surface area contributed by atoms with Crippen molar-refractivity contribution in [3.05, 3.63) is 47.9 Å². The number of ether oxygens (including phenoxy) is 1. The molecule has 8 heteroatoms. The Balaban J connectivity index is 1.25. The summed E-state index contributed by atoms with van der Waals surface area (Å²) < 4.78 is 23.0. The highest BCUT2D eigenvalue weighted by Crippen LogP contribution is 2.41. The number of rotatable bonds is 5. The lowest BCUT2D eigenvalue weighted by atomic mass is 9.95. The number of nitrogens with one attached hydrogen (secondary N) is 2. The first-order valence-corrected chi connectivity index (χ1v) is 14.6. The van der Waals surface area contributed by atoms with Crippen molar-refractivity contribution in [2.24, 2.45) is 0 Å². The molecule has 2 bridgehead atoms. The lowest BCUT2D eigenvalue weighted by Crippen LogP contribution is -2.51. The Hall–Kier alpha value is -3.67. The molecule has 7 nitrogen and oxygen atoms in total. The number of benzene rings is 2. The van der Waals surface area contributed by atoms with Gasteiger partial charge in [0.25, 0.3) is 0 Å². The van der Waals surface area contributed by atoms with E-state index in [1.165, 1.54) is 12.8 Å². The Morgan fingerprint density at radius 3 is 2.62 bits per heavy atom. The standard InChI is InChI=1S/C32H33FN6O/c1-2-20-6-3-7-26-27(20)25(16-34-26)23-10-11-24-29(28(23)33)36-31(40-19-32-12-4-14-39(32)15-5-13-32)37-30(24)38-17-21-8-9-22(18-38)35-21/h1,3,6-7,10-11,16,21-22,34-35H,4-5,8-9,12-15,17-19H2/t21-,22+. The van der Waals surface area contributed by atoms with Crippen molar-refractivity contribution in [3.63, 3.8) is 0 Å². The van der Waals surface area contributed by atoms with Crippen LogP contribution in [-0.2, 0) is 0 Å². The zero-order chi connectivity index (χ0) is 26.8. The Morgan fingerprint density at radius 2 is 1.85 bits per heavy atom. The third-order valence-electron chi connectivity index (χ3n) is 9.71. The van der Waals surface area contributed by atoms with Gasteiger partial charge in [0.1, 0.15) is 17.9 Å². The van der Waals surface area contributed by atoms with Gasteiger partial charge in [-0.2, -0.15) is 9.97 Å². The highest BCUT2D eigenvalue weighted by Gasteiger charge is 2.45. The summed E-state index contributed by atoms with van der Waals surface area (Å²) in [5.74, 6) is 3.14. The van der Waals surface area contributed by atoms with E-state index >= 15 is 4.39 Å². The van der Waals surface area contributed by atoms with Gasteiger partial charge in [-0.25, -0.2) is 4.39 Å². The molecule has 2 atom stereocenters. The second-order valence-corrected chi connectivity index (χ2v) is 12.0. The monoisotopic (exact) mass is 536 g/mol. The van der Waals surface area contributed by atoms with Crippen LogP contribution in [0.2, 0.25) is 0 Å². The summed E-state index contributed by atoms with van der Waals surface area (Å²) in [7, 11) is 0. The van der Waals surface area contributed by atoms with Crippen molar-refractivity contribution >= 4 is 27.6 Å². The van der Waals surface area contributed by atoms with Gasteiger partial charge < -0.3 is 19.9 Å². The van der Waals surface area contributed by atoms with Crippen molar-refractivity contribution in [3.8, 4) is 29.5 Å². The molecule has 0 radical (unpaired) electrons. The first-order chi connectivity index (χ1) is 19.6. The third kappa shape index (κ3) is 3.71. The van der Waals surface area contributed by atoms with Crippen LogP contribution < -0.4 is 15.0 Å². The number of aromatic amines is 1. The lowest BCUT2D eigenvalue weighted by molar-refractivity contribution is 0.108. The van der Waals surface area contributed by atoms with Gasteiger partial charge in [0, 0.05) is 64.3 Å². The molecule has 4 aliphatic heterocycles. The van der Waals surface area contributed by atoms with Crippen LogP contribution in [0.15, 0.2) is 36.5 Å². The van der Waals surface area contributed by atoms with Gasteiger partial charge in [0.15, 0.2) is 5.82 Å². The van der Waals surface area contributed by atoms with Crippen LogP contribution in [0, 0.1) is 18.2 Å². The first-order valence-electron chi connectivity index (χ1n) is 14.6. The van der Waals surface area contributed by atoms with Gasteiger partial charge in [-0.05, 0) is 69.8 Å². The Kier molecular flexibility index (Phi) is 5.55. The fourth-order valence-electron chi connectivity index (χ4n) is 7.79. The number of H-pyrrole nitrogens is 1. The van der Waals surface area contributed by atoms with Gasteiger partial charge in [-0.1, -0.05) is 18.1 Å². The molecule has 8 rings (SSSR count). The van der Waals surface area contributed by atoms with E-state index in [9.17, 15) is 0 Å². The molecule has 2 aromatic carbocycles. The van der Waals surface area contributed by atoms with Crippen molar-refractivity contribution in [1.29, 1.82) is 0 Å². The first kappa shape index (κ1) is 24.2. The number of terminal acetylenes is 1. The molecule has 0 saturated carbocycles. The number of aromatic nitrogens is 3. The molecule has 0 spiro atoms. The fraction of sp³-hybridized carbons (Fsp3) is 0.438. The van der Waals surface area contributed by atoms with Crippen molar-refractivity contribution in [2.75, 3.05) is 37.7 Å². The molecule has 4 fully saturated rings. The number of nitrogens with zero attached hydrogens (tertiary/aromatic N) is 4. The largest absolute Gasteiger partial charge is 0.461 e. The van der Waals surface area contributed by atoms with Gasteiger partial charge in [-0.3, -0.25) is 4.90 Å². The molecule has 2 N–H and O–H groups in total. The Morgan fingerprint density at radius 1 is 1.05 bits per heavy atom. The minimum atomic E-state index is -0.377. The Labute approximate surface area is 233 Å². The van der Waals surface area contributed by atoms with Gasteiger partial charge in [-0.15, -0.1) is 6.42 Å². The smallest absolute Gasteiger partial charge is 0.319 e. The van der Waals surface area contributed by atoms with Crippen molar-refractivity contribution in [2.45, 2.75) is 56.1 Å². The second kappa shape index (κ2) is 9.18. The molecule has 40 heavy (non-hydrogen) atoms. The quantitative estimate of drug-likeness (QED) is 0.356. The third-order valence-corrected chi connectivity index (χ3v) is 9.71. The molecule has 0 amide bonds. The van der Waals surface area contributed by atoms with Crippen molar-refractivity contribution < 1.29 is 9.13 Å². The zero-order valence-electron chi connectivity index (χ0n) is 22.5. The van der Waals surface area contributed by atoms with Gasteiger partial charge in [0.05, 0.1) is 5.54 Å². The minimum absolute atomic E-state index is 0.0582. The van der Waals surface area contributed by atoms with Crippen LogP contribution in [0.1, 0.15) is 44.1 Å². The van der Waals surface area contributed by atoms with Gasteiger partial charge in [0.2, 0.25) is 0 Å². The summed E-state index contributed by atoms with van der Waals surface area (Å²) in [5, 5.41) is 5.25. The van der Waals surface area contributed by atoms with E-state index in [-0.39, 0.29) is 17.4 Å². The molecule has 6 heterocycles. The predicted molar refractivity (Wildman–Crippen MR) is 155 cm³/mol. The summed E-state index contributed by atoms with van der Waals surface area (Å²) in [4.78, 5) is 17.8. The maximum absolute atomic E-state index is 16.6. The highest BCUT2D eigenvalue weighted by atomic mass is 19.1. The predicted octanol–water partition coefficient (Wildman–Crippen LogP) is 4.85.